The SMILES string of the molecule is O=C(NCCCn1cc(Cl)cn1)c1cnc2c(c1)CCCC2. The molecule has 2 aromatic rings. The van der Waals surface area contributed by atoms with E-state index >= 15 is 0 Å². The molecule has 5 nitrogen and oxygen atoms in total. The zero-order valence-electron chi connectivity index (χ0n) is 12.4. The standard InChI is InChI=1S/C16H19ClN4O/c17-14-10-20-21(11-14)7-3-6-18-16(22)13-8-12-4-1-2-5-15(12)19-9-13/h8-11H,1-7H2,(H,18,22). The highest BCUT2D eigenvalue weighted by atomic mass is 35.5. The van der Waals surface area contributed by atoms with Gasteiger partial charge in [0.15, 0.2) is 0 Å². The highest BCUT2D eigenvalue weighted by molar-refractivity contribution is 6.30. The number of hydrogen-bond donors (Lipinski definition) is 1. The number of halogens is 1. The number of pyridine rings is 1. The quantitative estimate of drug-likeness (QED) is 0.862. The summed E-state index contributed by atoms with van der Waals surface area (Å²) in [5, 5.41) is 7.66. The van der Waals surface area contributed by atoms with E-state index in [4.69, 9.17) is 11.6 Å². The Labute approximate surface area is 134 Å². The van der Waals surface area contributed by atoms with Gasteiger partial charge >= 0.3 is 0 Å². The third kappa shape index (κ3) is 3.65. The second-order valence-electron chi connectivity index (χ2n) is 5.57. The fraction of sp³-hybridized carbons (Fsp3) is 0.438. The summed E-state index contributed by atoms with van der Waals surface area (Å²) in [6.07, 6.45) is 10.3. The van der Waals surface area contributed by atoms with Crippen molar-refractivity contribution in [3.05, 3.63) is 46.5 Å². The van der Waals surface area contributed by atoms with Gasteiger partial charge in [-0.25, -0.2) is 0 Å². The van der Waals surface area contributed by atoms with E-state index in [1.165, 1.54) is 18.4 Å². The van der Waals surface area contributed by atoms with E-state index in [1.54, 1.807) is 23.3 Å². The first-order valence-electron chi connectivity index (χ1n) is 7.66. The van der Waals surface area contributed by atoms with Gasteiger partial charge in [-0.2, -0.15) is 5.10 Å². The molecule has 0 spiro atoms. The molecule has 0 fully saturated rings. The van der Waals surface area contributed by atoms with Gasteiger partial charge < -0.3 is 5.32 Å². The van der Waals surface area contributed by atoms with Crippen LogP contribution < -0.4 is 5.32 Å². The lowest BCUT2D eigenvalue weighted by molar-refractivity contribution is 0.0952. The molecule has 116 valence electrons. The van der Waals surface area contributed by atoms with Gasteiger partial charge in [-0.15, -0.1) is 0 Å². The van der Waals surface area contributed by atoms with E-state index < -0.39 is 0 Å². The molecule has 0 saturated heterocycles. The maximum Gasteiger partial charge on any atom is 0.252 e. The van der Waals surface area contributed by atoms with Crippen LogP contribution in [0.4, 0.5) is 0 Å². The number of rotatable bonds is 5. The monoisotopic (exact) mass is 318 g/mol. The maximum atomic E-state index is 12.2. The summed E-state index contributed by atoms with van der Waals surface area (Å²) in [6, 6.07) is 1.99. The summed E-state index contributed by atoms with van der Waals surface area (Å²) in [7, 11) is 0. The second-order valence-corrected chi connectivity index (χ2v) is 6.00. The van der Waals surface area contributed by atoms with Crippen LogP contribution in [-0.4, -0.2) is 27.2 Å². The van der Waals surface area contributed by atoms with Crippen molar-refractivity contribution in [2.45, 2.75) is 38.6 Å². The third-order valence-corrected chi connectivity index (χ3v) is 4.08. The van der Waals surface area contributed by atoms with Crippen LogP contribution in [0.15, 0.2) is 24.7 Å². The molecule has 0 unspecified atom stereocenters. The van der Waals surface area contributed by atoms with Crippen LogP contribution >= 0.6 is 11.6 Å². The summed E-state index contributed by atoms with van der Waals surface area (Å²) in [5.41, 5.74) is 3.03. The number of carbonyl (C=O) groups excluding carboxylic acids is 1. The third-order valence-electron chi connectivity index (χ3n) is 3.88. The molecule has 0 bridgehead atoms. The lowest BCUT2D eigenvalue weighted by atomic mass is 9.95. The number of aromatic nitrogens is 3. The minimum atomic E-state index is -0.0561. The molecule has 1 N–H and O–H groups in total. The van der Waals surface area contributed by atoms with Gasteiger partial charge in [0.05, 0.1) is 16.8 Å². The number of amides is 1. The minimum Gasteiger partial charge on any atom is -0.352 e. The fourth-order valence-corrected chi connectivity index (χ4v) is 2.87. The predicted octanol–water partition coefficient (Wildman–Crippen LogP) is 2.63. The molecule has 0 radical (unpaired) electrons. The molecule has 0 atom stereocenters. The summed E-state index contributed by atoms with van der Waals surface area (Å²) in [4.78, 5) is 16.6. The number of fused-ring (bicyclic) bond motifs is 1. The van der Waals surface area contributed by atoms with E-state index in [-0.39, 0.29) is 5.91 Å². The molecule has 0 aliphatic heterocycles. The van der Waals surface area contributed by atoms with E-state index in [0.29, 0.717) is 17.1 Å². The predicted molar refractivity (Wildman–Crippen MR) is 85.1 cm³/mol. The summed E-state index contributed by atoms with van der Waals surface area (Å²) >= 11 is 5.80. The number of aryl methyl sites for hydroxylation is 3. The molecular formula is C16H19ClN4O. The van der Waals surface area contributed by atoms with Gasteiger partial charge in [-0.1, -0.05) is 11.6 Å². The van der Waals surface area contributed by atoms with Crippen LogP contribution in [0.3, 0.4) is 0 Å². The molecular weight excluding hydrogens is 300 g/mol. The Kier molecular flexibility index (Phi) is 4.73. The van der Waals surface area contributed by atoms with Crippen LogP contribution in [0.5, 0.6) is 0 Å². The van der Waals surface area contributed by atoms with Crippen LogP contribution in [0.1, 0.15) is 40.9 Å². The van der Waals surface area contributed by atoms with Crippen LogP contribution in [0.2, 0.25) is 5.02 Å². The van der Waals surface area contributed by atoms with Crippen molar-refractivity contribution < 1.29 is 4.79 Å². The first kappa shape index (κ1) is 15.0. The first-order valence-corrected chi connectivity index (χ1v) is 8.04. The zero-order valence-corrected chi connectivity index (χ0v) is 13.1. The highest BCUT2D eigenvalue weighted by Crippen LogP contribution is 2.19. The van der Waals surface area contributed by atoms with Gasteiger partial charge in [0.2, 0.25) is 0 Å². The average Bonchev–Trinajstić information content (AvgIpc) is 2.96. The normalized spacial score (nSPS) is 13.7. The summed E-state index contributed by atoms with van der Waals surface area (Å²) < 4.78 is 1.77. The molecule has 0 aromatic carbocycles. The number of nitrogens with one attached hydrogen (secondary N) is 1. The van der Waals surface area contributed by atoms with Crippen molar-refractivity contribution in [1.29, 1.82) is 0 Å². The van der Waals surface area contributed by atoms with Crippen LogP contribution in [0.25, 0.3) is 0 Å². The van der Waals surface area contributed by atoms with Gasteiger partial charge in [-0.05, 0) is 43.7 Å². The molecule has 0 saturated carbocycles. The van der Waals surface area contributed by atoms with E-state index in [9.17, 15) is 4.79 Å². The van der Waals surface area contributed by atoms with Crippen molar-refractivity contribution in [1.82, 2.24) is 20.1 Å². The summed E-state index contributed by atoms with van der Waals surface area (Å²) in [5.74, 6) is -0.0561. The van der Waals surface area contributed by atoms with Crippen LogP contribution in [0, 0.1) is 0 Å². The molecule has 6 heteroatoms. The summed E-state index contributed by atoms with van der Waals surface area (Å²) in [6.45, 7) is 1.34. The Balaban J connectivity index is 1.49. The van der Waals surface area contributed by atoms with Crippen molar-refractivity contribution >= 4 is 17.5 Å². The average molecular weight is 319 g/mol. The highest BCUT2D eigenvalue weighted by Gasteiger charge is 2.13. The van der Waals surface area contributed by atoms with E-state index in [2.05, 4.69) is 15.4 Å². The van der Waals surface area contributed by atoms with Crippen molar-refractivity contribution in [2.75, 3.05) is 6.54 Å². The second kappa shape index (κ2) is 6.92. The molecule has 3 rings (SSSR count). The topological polar surface area (TPSA) is 59.8 Å². The Morgan fingerprint density at radius 3 is 3.00 bits per heavy atom. The molecule has 1 amide bonds. The van der Waals surface area contributed by atoms with Gasteiger partial charge in [-0.3, -0.25) is 14.5 Å². The van der Waals surface area contributed by atoms with Crippen molar-refractivity contribution in [2.24, 2.45) is 0 Å². The lowest BCUT2D eigenvalue weighted by Crippen LogP contribution is -2.26. The smallest absolute Gasteiger partial charge is 0.252 e. The molecule has 2 heterocycles. The van der Waals surface area contributed by atoms with Crippen LogP contribution in [-0.2, 0) is 19.4 Å². The Bertz CT molecular complexity index is 668. The van der Waals surface area contributed by atoms with E-state index in [0.717, 1.165) is 31.5 Å². The Morgan fingerprint density at radius 2 is 2.18 bits per heavy atom. The lowest BCUT2D eigenvalue weighted by Gasteiger charge is -2.15. The zero-order chi connectivity index (χ0) is 15.4. The van der Waals surface area contributed by atoms with Crippen molar-refractivity contribution in [3.8, 4) is 0 Å². The number of carbonyl (C=O) groups is 1. The molecule has 1 aliphatic carbocycles. The molecule has 1 aliphatic rings. The van der Waals surface area contributed by atoms with Crippen molar-refractivity contribution in [3.63, 3.8) is 0 Å². The molecule has 2 aromatic heterocycles. The van der Waals surface area contributed by atoms with Gasteiger partial charge in [0.25, 0.3) is 5.91 Å². The Hall–Kier alpha value is -1.88. The Morgan fingerprint density at radius 1 is 1.32 bits per heavy atom. The number of hydrogen-bond acceptors (Lipinski definition) is 3. The van der Waals surface area contributed by atoms with Gasteiger partial charge in [0.1, 0.15) is 0 Å². The number of nitrogens with zero attached hydrogens (tertiary/aromatic N) is 3. The fourth-order valence-electron chi connectivity index (χ4n) is 2.72. The largest absolute Gasteiger partial charge is 0.352 e. The molecule has 22 heavy (non-hydrogen) atoms. The first-order chi connectivity index (χ1) is 10.7. The van der Waals surface area contributed by atoms with E-state index in [1.807, 2.05) is 6.07 Å². The minimum absolute atomic E-state index is 0.0561. The van der Waals surface area contributed by atoms with Gasteiger partial charge in [0, 0.05) is 31.2 Å². The maximum absolute atomic E-state index is 12.2.